The minimum Gasteiger partial charge on any atom is -0.473 e. The van der Waals surface area contributed by atoms with Crippen LogP contribution >= 0.6 is 0 Å². The number of benzene rings is 1. The number of amides is 1. The smallest absolute Gasteiger partial charge is 0.341 e. The van der Waals surface area contributed by atoms with Crippen LogP contribution in [0.1, 0.15) is 46.3 Å². The first kappa shape index (κ1) is 19.9. The lowest BCUT2D eigenvalue weighted by Crippen LogP contribution is -2.40. The Balaban J connectivity index is 1.16. The average Bonchev–Trinajstić information content (AvgIpc) is 3.49. The normalized spacial score (nSPS) is 22.2. The standard InChI is InChI=1S/C26H23N3O4/c30-23-20-15-27-12-8-21(20)26(33-23)11-13-29(17-26)24(31)25(9-10-25)19-6-7-22(28-14-19)32-16-18-4-2-1-3-5-18/h1-8,12,14-15H,9-11,13,16-17H2/t26-/m0/s1. The van der Waals surface area contributed by atoms with E-state index in [2.05, 4.69) is 9.97 Å². The molecule has 3 aromatic rings. The number of hydrogen-bond acceptors (Lipinski definition) is 6. The first-order chi connectivity index (χ1) is 16.1. The Morgan fingerprint density at radius 3 is 2.67 bits per heavy atom. The molecule has 1 saturated carbocycles. The SMILES string of the molecule is O=C1O[C@]2(CCN(C(=O)C3(c4ccc(OCc5ccccc5)nc4)CC3)C2)c2ccncc21. The number of carbonyl (C=O) groups is 2. The first-order valence-corrected chi connectivity index (χ1v) is 11.2. The molecule has 166 valence electrons. The van der Waals surface area contributed by atoms with Crippen LogP contribution < -0.4 is 4.74 Å². The molecule has 7 heteroatoms. The van der Waals surface area contributed by atoms with E-state index in [4.69, 9.17) is 9.47 Å². The van der Waals surface area contributed by atoms with Crippen molar-refractivity contribution in [2.75, 3.05) is 13.1 Å². The summed E-state index contributed by atoms with van der Waals surface area (Å²) < 4.78 is 11.6. The molecule has 2 fully saturated rings. The molecule has 0 radical (unpaired) electrons. The van der Waals surface area contributed by atoms with Crippen LogP contribution in [-0.2, 0) is 27.2 Å². The van der Waals surface area contributed by atoms with Gasteiger partial charge in [0.15, 0.2) is 5.60 Å². The van der Waals surface area contributed by atoms with Crippen molar-refractivity contribution in [2.24, 2.45) is 0 Å². The van der Waals surface area contributed by atoms with Gasteiger partial charge in [0.2, 0.25) is 11.8 Å². The van der Waals surface area contributed by atoms with Crippen molar-refractivity contribution in [3.63, 3.8) is 0 Å². The maximum absolute atomic E-state index is 13.6. The maximum Gasteiger partial charge on any atom is 0.341 e. The van der Waals surface area contributed by atoms with Crippen LogP contribution in [0.15, 0.2) is 67.1 Å². The fourth-order valence-electron chi connectivity index (χ4n) is 5.03. The number of rotatable bonds is 5. The van der Waals surface area contributed by atoms with Gasteiger partial charge in [-0.3, -0.25) is 9.78 Å². The van der Waals surface area contributed by atoms with Gasteiger partial charge in [-0.25, -0.2) is 9.78 Å². The molecule has 0 bridgehead atoms. The highest BCUT2D eigenvalue weighted by Gasteiger charge is 2.58. The van der Waals surface area contributed by atoms with Gasteiger partial charge in [-0.15, -0.1) is 0 Å². The van der Waals surface area contributed by atoms with E-state index in [-0.39, 0.29) is 11.9 Å². The molecular formula is C26H23N3O4. The Hall–Kier alpha value is -3.74. The van der Waals surface area contributed by atoms with Gasteiger partial charge < -0.3 is 14.4 Å². The molecule has 0 unspecified atom stereocenters. The Labute approximate surface area is 191 Å². The number of hydrogen-bond donors (Lipinski definition) is 0. The summed E-state index contributed by atoms with van der Waals surface area (Å²) in [4.78, 5) is 36.2. The largest absolute Gasteiger partial charge is 0.473 e. The van der Waals surface area contributed by atoms with E-state index in [1.807, 2.05) is 53.4 Å². The Kier molecular flexibility index (Phi) is 4.47. The summed E-state index contributed by atoms with van der Waals surface area (Å²) in [5.74, 6) is 0.260. The summed E-state index contributed by atoms with van der Waals surface area (Å²) in [6, 6.07) is 15.5. The molecule has 0 N–H and O–H groups in total. The third kappa shape index (κ3) is 3.26. The molecule has 7 nitrogen and oxygen atoms in total. The summed E-state index contributed by atoms with van der Waals surface area (Å²) in [5, 5.41) is 0. The number of fused-ring (bicyclic) bond motifs is 2. The molecule has 33 heavy (non-hydrogen) atoms. The van der Waals surface area contributed by atoms with E-state index < -0.39 is 11.0 Å². The highest BCUT2D eigenvalue weighted by molar-refractivity contribution is 5.95. The molecule has 1 saturated heterocycles. The average molecular weight is 441 g/mol. The lowest BCUT2D eigenvalue weighted by atomic mass is 9.92. The van der Waals surface area contributed by atoms with Gasteiger partial charge in [0.25, 0.3) is 0 Å². The van der Waals surface area contributed by atoms with E-state index in [1.165, 1.54) is 0 Å². The monoisotopic (exact) mass is 441 g/mol. The van der Waals surface area contributed by atoms with E-state index >= 15 is 0 Å². The van der Waals surface area contributed by atoms with Gasteiger partial charge in [0.05, 0.1) is 17.5 Å². The molecule has 4 heterocycles. The zero-order chi connectivity index (χ0) is 22.5. The van der Waals surface area contributed by atoms with Crippen molar-refractivity contribution in [2.45, 2.75) is 36.9 Å². The van der Waals surface area contributed by atoms with Crippen molar-refractivity contribution in [3.05, 3.63) is 89.4 Å². The zero-order valence-corrected chi connectivity index (χ0v) is 18.1. The molecule has 2 aliphatic heterocycles. The summed E-state index contributed by atoms with van der Waals surface area (Å²) in [6.45, 7) is 1.38. The number of carbonyl (C=O) groups excluding carboxylic acids is 2. The lowest BCUT2D eigenvalue weighted by molar-refractivity contribution is -0.134. The van der Waals surface area contributed by atoms with Crippen LogP contribution in [0.25, 0.3) is 0 Å². The molecular weight excluding hydrogens is 418 g/mol. The van der Waals surface area contributed by atoms with Gasteiger partial charge in [0, 0.05) is 43.2 Å². The van der Waals surface area contributed by atoms with Crippen LogP contribution in [0.4, 0.5) is 0 Å². The first-order valence-electron chi connectivity index (χ1n) is 11.2. The second-order valence-corrected chi connectivity index (χ2v) is 9.02. The molecule has 1 aliphatic carbocycles. The summed E-state index contributed by atoms with van der Waals surface area (Å²) in [5.41, 5.74) is 2.03. The fraction of sp³-hybridized carbons (Fsp3) is 0.308. The van der Waals surface area contributed by atoms with Gasteiger partial charge >= 0.3 is 5.97 Å². The Bertz CT molecular complexity index is 1220. The highest BCUT2D eigenvalue weighted by Crippen LogP contribution is 2.52. The quantitative estimate of drug-likeness (QED) is 0.565. The zero-order valence-electron chi connectivity index (χ0n) is 18.1. The topological polar surface area (TPSA) is 81.6 Å². The molecule has 1 atom stereocenters. The third-order valence-electron chi connectivity index (χ3n) is 7.02. The minimum atomic E-state index is -0.755. The van der Waals surface area contributed by atoms with Gasteiger partial charge in [-0.2, -0.15) is 0 Å². The van der Waals surface area contributed by atoms with Crippen LogP contribution in [-0.4, -0.2) is 39.8 Å². The van der Waals surface area contributed by atoms with Crippen molar-refractivity contribution >= 4 is 11.9 Å². The predicted molar refractivity (Wildman–Crippen MR) is 118 cm³/mol. The second kappa shape index (κ2) is 7.40. The Morgan fingerprint density at radius 1 is 1.06 bits per heavy atom. The van der Waals surface area contributed by atoms with Crippen molar-refractivity contribution in [1.82, 2.24) is 14.9 Å². The summed E-state index contributed by atoms with van der Waals surface area (Å²) in [7, 11) is 0. The van der Waals surface area contributed by atoms with E-state index in [9.17, 15) is 9.59 Å². The van der Waals surface area contributed by atoms with E-state index in [0.717, 1.165) is 29.5 Å². The van der Waals surface area contributed by atoms with Crippen LogP contribution in [0.5, 0.6) is 5.88 Å². The minimum absolute atomic E-state index is 0.0812. The maximum atomic E-state index is 13.6. The fourth-order valence-corrected chi connectivity index (χ4v) is 5.03. The molecule has 6 rings (SSSR count). The van der Waals surface area contributed by atoms with Crippen molar-refractivity contribution in [3.8, 4) is 5.88 Å². The summed E-state index contributed by atoms with van der Waals surface area (Å²) >= 11 is 0. The molecule has 1 spiro atoms. The second-order valence-electron chi connectivity index (χ2n) is 9.02. The Morgan fingerprint density at radius 2 is 1.91 bits per heavy atom. The third-order valence-corrected chi connectivity index (χ3v) is 7.02. The number of nitrogens with zero attached hydrogens (tertiary/aromatic N) is 3. The van der Waals surface area contributed by atoms with Gasteiger partial charge in [0.1, 0.15) is 6.61 Å². The molecule has 1 amide bonds. The summed E-state index contributed by atoms with van der Waals surface area (Å²) in [6.07, 6.45) is 7.16. The van der Waals surface area contributed by atoms with Gasteiger partial charge in [-0.05, 0) is 30.0 Å². The van der Waals surface area contributed by atoms with Crippen LogP contribution in [0, 0.1) is 0 Å². The number of ether oxygens (including phenoxy) is 2. The molecule has 3 aliphatic rings. The lowest BCUT2D eigenvalue weighted by Gasteiger charge is -2.26. The predicted octanol–water partition coefficient (Wildman–Crippen LogP) is 3.39. The number of aromatic nitrogens is 2. The number of esters is 1. The number of likely N-dealkylation sites (tertiary alicyclic amines) is 1. The van der Waals surface area contributed by atoms with Crippen molar-refractivity contribution < 1.29 is 19.1 Å². The highest BCUT2D eigenvalue weighted by atomic mass is 16.6. The van der Waals surface area contributed by atoms with E-state index in [0.29, 0.717) is 37.6 Å². The van der Waals surface area contributed by atoms with Crippen molar-refractivity contribution in [1.29, 1.82) is 0 Å². The number of pyridine rings is 2. The van der Waals surface area contributed by atoms with Crippen LogP contribution in [0.3, 0.4) is 0 Å². The van der Waals surface area contributed by atoms with Gasteiger partial charge in [-0.1, -0.05) is 36.4 Å². The van der Waals surface area contributed by atoms with E-state index in [1.54, 1.807) is 18.6 Å². The molecule has 2 aromatic heterocycles. The van der Waals surface area contributed by atoms with Crippen LogP contribution in [0.2, 0.25) is 0 Å². The molecule has 1 aromatic carbocycles.